The monoisotopic (exact) mass is 243 g/mol. The van der Waals surface area contributed by atoms with Crippen LogP contribution in [0.2, 0.25) is 5.02 Å². The highest BCUT2D eigenvalue weighted by Crippen LogP contribution is 2.26. The van der Waals surface area contributed by atoms with Crippen LogP contribution in [0, 0.1) is 6.92 Å². The molecule has 1 rings (SSSR count). The van der Waals surface area contributed by atoms with Gasteiger partial charge in [0.05, 0.1) is 7.11 Å². The van der Waals surface area contributed by atoms with Crippen molar-refractivity contribution in [3.05, 3.63) is 28.3 Å². The summed E-state index contributed by atoms with van der Waals surface area (Å²) in [4.78, 5) is 10.3. The number of hydrogen-bond acceptors (Lipinski definition) is 2. The Balaban J connectivity index is 2.77. The van der Waals surface area contributed by atoms with Crippen molar-refractivity contribution in [2.24, 2.45) is 0 Å². The largest absolute Gasteiger partial charge is 0.496 e. The Labute approximate surface area is 99.2 Å². The average Bonchev–Trinajstić information content (AvgIpc) is 2.22. The van der Waals surface area contributed by atoms with Crippen LogP contribution in [0.3, 0.4) is 0 Å². The molecule has 0 unspecified atom stereocenters. The molecule has 0 spiro atoms. The number of aryl methyl sites for hydroxylation is 1. The summed E-state index contributed by atoms with van der Waals surface area (Å²) in [5.74, 6) is 0.731. The molecule has 0 atom stereocenters. The first-order valence-electron chi connectivity index (χ1n) is 4.84. The third-order valence-corrected chi connectivity index (χ3v) is 2.64. The standard InChI is InChI=1S/C11H14ClNO3/c1-7-5-10(16-2)8(6-9(7)12)3-4-13-11(14)15/h5-6,13H,3-4H2,1-2H3,(H,14,15). The number of carbonyl (C=O) groups is 1. The Kier molecular flexibility index (Phi) is 4.43. The van der Waals surface area contributed by atoms with Gasteiger partial charge in [0.15, 0.2) is 0 Å². The Morgan fingerprint density at radius 2 is 2.25 bits per heavy atom. The lowest BCUT2D eigenvalue weighted by atomic mass is 10.1. The van der Waals surface area contributed by atoms with Gasteiger partial charge in [-0.05, 0) is 36.6 Å². The van der Waals surface area contributed by atoms with Crippen LogP contribution in [0.4, 0.5) is 4.79 Å². The highest BCUT2D eigenvalue weighted by molar-refractivity contribution is 6.31. The highest BCUT2D eigenvalue weighted by atomic mass is 35.5. The maximum absolute atomic E-state index is 10.3. The predicted molar refractivity (Wildman–Crippen MR) is 62.5 cm³/mol. The highest BCUT2D eigenvalue weighted by Gasteiger charge is 2.07. The van der Waals surface area contributed by atoms with Gasteiger partial charge in [-0.15, -0.1) is 0 Å². The van der Waals surface area contributed by atoms with Crippen molar-refractivity contribution in [3.8, 4) is 5.75 Å². The molecule has 0 fully saturated rings. The quantitative estimate of drug-likeness (QED) is 0.854. The second-order valence-electron chi connectivity index (χ2n) is 3.40. The molecule has 0 aliphatic rings. The van der Waals surface area contributed by atoms with E-state index in [9.17, 15) is 4.79 Å². The van der Waals surface area contributed by atoms with Crippen molar-refractivity contribution >= 4 is 17.7 Å². The van der Waals surface area contributed by atoms with E-state index in [1.807, 2.05) is 13.0 Å². The van der Waals surface area contributed by atoms with E-state index in [0.717, 1.165) is 16.9 Å². The molecule has 88 valence electrons. The zero-order valence-corrected chi connectivity index (χ0v) is 9.97. The van der Waals surface area contributed by atoms with E-state index in [1.165, 1.54) is 0 Å². The van der Waals surface area contributed by atoms with Gasteiger partial charge in [0.25, 0.3) is 0 Å². The fourth-order valence-corrected chi connectivity index (χ4v) is 1.57. The smallest absolute Gasteiger partial charge is 0.404 e. The van der Waals surface area contributed by atoms with Crippen molar-refractivity contribution in [2.75, 3.05) is 13.7 Å². The summed E-state index contributed by atoms with van der Waals surface area (Å²) >= 11 is 5.99. The van der Waals surface area contributed by atoms with Gasteiger partial charge in [0.2, 0.25) is 0 Å². The Morgan fingerprint density at radius 1 is 1.56 bits per heavy atom. The van der Waals surface area contributed by atoms with Crippen molar-refractivity contribution in [2.45, 2.75) is 13.3 Å². The molecule has 0 aliphatic heterocycles. The summed E-state index contributed by atoms with van der Waals surface area (Å²) in [6.07, 6.45) is -0.479. The number of amides is 1. The molecule has 1 aromatic carbocycles. The minimum Gasteiger partial charge on any atom is -0.496 e. The molecular weight excluding hydrogens is 230 g/mol. The summed E-state index contributed by atoms with van der Waals surface area (Å²) in [5.41, 5.74) is 1.83. The Hall–Kier alpha value is -1.42. The molecule has 1 amide bonds. The minimum atomic E-state index is -1.03. The summed E-state index contributed by atoms with van der Waals surface area (Å²) in [5, 5.41) is 11.4. The summed E-state index contributed by atoms with van der Waals surface area (Å²) in [7, 11) is 1.58. The van der Waals surface area contributed by atoms with Gasteiger partial charge >= 0.3 is 6.09 Å². The van der Waals surface area contributed by atoms with E-state index in [-0.39, 0.29) is 0 Å². The van der Waals surface area contributed by atoms with E-state index in [4.69, 9.17) is 21.4 Å². The van der Waals surface area contributed by atoms with E-state index in [2.05, 4.69) is 5.32 Å². The molecule has 0 bridgehead atoms. The van der Waals surface area contributed by atoms with Gasteiger partial charge < -0.3 is 15.2 Å². The number of nitrogens with one attached hydrogen (secondary N) is 1. The third kappa shape index (κ3) is 3.31. The maximum atomic E-state index is 10.3. The van der Waals surface area contributed by atoms with Crippen LogP contribution < -0.4 is 10.1 Å². The number of hydrogen-bond donors (Lipinski definition) is 2. The van der Waals surface area contributed by atoms with Crippen molar-refractivity contribution in [1.29, 1.82) is 0 Å². The summed E-state index contributed by atoms with van der Waals surface area (Å²) in [6.45, 7) is 2.23. The first-order chi connectivity index (χ1) is 7.54. The average molecular weight is 244 g/mol. The predicted octanol–water partition coefficient (Wildman–Crippen LogP) is 2.47. The lowest BCUT2D eigenvalue weighted by Gasteiger charge is -2.10. The molecule has 4 nitrogen and oxygen atoms in total. The van der Waals surface area contributed by atoms with Crippen LogP contribution in [-0.2, 0) is 6.42 Å². The van der Waals surface area contributed by atoms with Gasteiger partial charge in [-0.1, -0.05) is 11.6 Å². The fourth-order valence-electron chi connectivity index (χ4n) is 1.39. The minimum absolute atomic E-state index is 0.338. The van der Waals surface area contributed by atoms with Crippen LogP contribution >= 0.6 is 11.6 Å². The molecule has 16 heavy (non-hydrogen) atoms. The van der Waals surface area contributed by atoms with Gasteiger partial charge in [-0.3, -0.25) is 0 Å². The van der Waals surface area contributed by atoms with Crippen LogP contribution in [0.25, 0.3) is 0 Å². The number of ether oxygens (including phenoxy) is 1. The van der Waals surface area contributed by atoms with Gasteiger partial charge in [0, 0.05) is 11.6 Å². The number of rotatable bonds is 4. The number of halogens is 1. The molecule has 0 radical (unpaired) electrons. The lowest BCUT2D eigenvalue weighted by molar-refractivity contribution is 0.194. The topological polar surface area (TPSA) is 58.6 Å². The van der Waals surface area contributed by atoms with Gasteiger partial charge in [-0.2, -0.15) is 0 Å². The zero-order chi connectivity index (χ0) is 12.1. The van der Waals surface area contributed by atoms with Crippen LogP contribution in [0.5, 0.6) is 5.75 Å². The molecule has 2 N–H and O–H groups in total. The van der Waals surface area contributed by atoms with Crippen LogP contribution in [0.15, 0.2) is 12.1 Å². The molecular formula is C11H14ClNO3. The molecule has 0 saturated carbocycles. The van der Waals surface area contributed by atoms with Crippen LogP contribution in [-0.4, -0.2) is 24.9 Å². The Morgan fingerprint density at radius 3 is 2.81 bits per heavy atom. The lowest BCUT2D eigenvalue weighted by Crippen LogP contribution is -2.23. The molecule has 0 heterocycles. The van der Waals surface area contributed by atoms with E-state index in [0.29, 0.717) is 18.0 Å². The fraction of sp³-hybridized carbons (Fsp3) is 0.364. The zero-order valence-electron chi connectivity index (χ0n) is 9.21. The van der Waals surface area contributed by atoms with Crippen molar-refractivity contribution < 1.29 is 14.6 Å². The van der Waals surface area contributed by atoms with Gasteiger partial charge in [-0.25, -0.2) is 4.79 Å². The van der Waals surface area contributed by atoms with Crippen molar-refractivity contribution in [1.82, 2.24) is 5.32 Å². The van der Waals surface area contributed by atoms with E-state index >= 15 is 0 Å². The number of carboxylic acid groups (broad SMARTS) is 1. The molecule has 0 aromatic heterocycles. The Bertz CT molecular complexity index is 393. The molecule has 5 heteroatoms. The maximum Gasteiger partial charge on any atom is 0.404 e. The first-order valence-corrected chi connectivity index (χ1v) is 5.22. The van der Waals surface area contributed by atoms with E-state index in [1.54, 1.807) is 13.2 Å². The molecule has 0 aliphatic carbocycles. The van der Waals surface area contributed by atoms with Crippen LogP contribution in [0.1, 0.15) is 11.1 Å². The molecule has 0 saturated heterocycles. The second-order valence-corrected chi connectivity index (χ2v) is 3.80. The van der Waals surface area contributed by atoms with Gasteiger partial charge in [0.1, 0.15) is 5.75 Å². The summed E-state index contributed by atoms with van der Waals surface area (Å²) < 4.78 is 5.20. The SMILES string of the molecule is COc1cc(C)c(Cl)cc1CCNC(=O)O. The molecule has 1 aromatic rings. The first kappa shape index (κ1) is 12.6. The summed E-state index contributed by atoms with van der Waals surface area (Å²) in [6, 6.07) is 3.65. The second kappa shape index (κ2) is 5.61. The normalized spacial score (nSPS) is 9.94. The number of methoxy groups -OCH3 is 1. The van der Waals surface area contributed by atoms with Crippen molar-refractivity contribution in [3.63, 3.8) is 0 Å². The number of benzene rings is 1. The van der Waals surface area contributed by atoms with E-state index < -0.39 is 6.09 Å². The third-order valence-electron chi connectivity index (χ3n) is 2.23.